The Hall–Kier alpha value is -1.91. The first-order valence-corrected chi connectivity index (χ1v) is 9.39. The van der Waals surface area contributed by atoms with E-state index in [0.717, 1.165) is 4.94 Å². The van der Waals surface area contributed by atoms with Crippen molar-refractivity contribution in [2.75, 3.05) is 0 Å². The van der Waals surface area contributed by atoms with E-state index < -0.39 is 87.8 Å². The van der Waals surface area contributed by atoms with Crippen LogP contribution in [0.25, 0.3) is 0 Å². The van der Waals surface area contributed by atoms with Gasteiger partial charge < -0.3 is 0 Å². The molecule has 0 amide bonds. The Morgan fingerprint density at radius 3 is 0.930 bits per heavy atom. The van der Waals surface area contributed by atoms with Crippen LogP contribution >= 0.6 is 0 Å². The second kappa shape index (κ2) is 7.89. The average molecular weight is 705 g/mol. The molecule has 4 fully saturated rings. The third-order valence-corrected chi connectivity index (χ3v) is 6.81. The molecule has 43 heavy (non-hydrogen) atoms. The van der Waals surface area contributed by atoms with Gasteiger partial charge in [-0.3, -0.25) is 9.47 Å². The summed E-state index contributed by atoms with van der Waals surface area (Å²) < 4.78 is 356. The van der Waals surface area contributed by atoms with Crippen LogP contribution in [0, 0.1) is 0 Å². The average Bonchev–Trinajstić information content (AvgIpc) is 2.80. The third-order valence-electron chi connectivity index (χ3n) is 6.81. The van der Waals surface area contributed by atoms with Crippen LogP contribution in [0.4, 0.5) is 110 Å². The molecule has 254 valence electrons. The second-order valence-electron chi connectivity index (χ2n) is 8.73. The van der Waals surface area contributed by atoms with E-state index in [1.807, 2.05) is 0 Å². The van der Waals surface area contributed by atoms with Crippen molar-refractivity contribution in [1.29, 1.82) is 0 Å². The van der Waals surface area contributed by atoms with Gasteiger partial charge in [-0.15, -0.1) is 4.94 Å². The summed E-state index contributed by atoms with van der Waals surface area (Å²) in [5.74, 6) is -54.2. The van der Waals surface area contributed by atoms with Gasteiger partial charge in [0.2, 0.25) is 0 Å². The fourth-order valence-corrected chi connectivity index (χ4v) is 4.85. The van der Waals surface area contributed by atoms with E-state index in [4.69, 9.17) is 0 Å². The van der Waals surface area contributed by atoms with Crippen LogP contribution in [-0.2, 0) is 14.4 Å². The molecule has 0 aliphatic heterocycles. The van der Waals surface area contributed by atoms with E-state index in [1.54, 1.807) is 0 Å². The van der Waals surface area contributed by atoms with Gasteiger partial charge in [-0.25, -0.2) is 8.78 Å². The Kier molecular flexibility index (Phi) is 6.53. The Bertz CT molecular complexity index is 1140. The van der Waals surface area contributed by atoms with E-state index in [0.29, 0.717) is 0 Å². The zero-order valence-corrected chi connectivity index (χ0v) is 18.1. The molecular weight excluding hydrogens is 705 g/mol. The molecule has 0 N–H and O–H groups in total. The van der Waals surface area contributed by atoms with Gasteiger partial charge in [0.25, 0.3) is 11.2 Å². The summed E-state index contributed by atoms with van der Waals surface area (Å²) in [6, 6.07) is -8.02. The molecule has 4 nitrogen and oxygen atoms in total. The minimum absolute atomic E-state index is 0.957. The lowest BCUT2D eigenvalue weighted by atomic mass is 9.39. The molecule has 0 saturated heterocycles. The van der Waals surface area contributed by atoms with Gasteiger partial charge in [0.05, 0.1) is 0 Å². The summed E-state index contributed by atoms with van der Waals surface area (Å²) in [5.41, 5.74) is -35.8. The van der Waals surface area contributed by atoms with Gasteiger partial charge in [0.1, 0.15) is 5.34 Å². The SMILES string of the molecule is FOC(F)(F)C(F)(F)OC12C(F)(F)C3(F)C(F)(F)C(F)(C1(F)F)C(F)(F)C(OC(F)(F)C(F)(F)N(F)F)(C3(F)F)C2(F)F. The summed E-state index contributed by atoms with van der Waals surface area (Å²) in [5, 5.41) is -4.38. The molecule has 29 heteroatoms. The number of rotatable bonds is 8. The molecule has 0 spiro atoms. The number of hydrogen-bond acceptors (Lipinski definition) is 4. The van der Waals surface area contributed by atoms with Crippen LogP contribution in [0.3, 0.4) is 0 Å². The predicted molar refractivity (Wildman–Crippen MR) is 71.0 cm³/mol. The molecule has 4 aliphatic carbocycles. The lowest BCUT2D eigenvalue weighted by Gasteiger charge is -2.76. The molecule has 4 saturated carbocycles. The fraction of sp³-hybridized carbons (Fsp3) is 1.00. The summed E-state index contributed by atoms with van der Waals surface area (Å²) in [4.78, 5) is 0.957. The van der Waals surface area contributed by atoms with Gasteiger partial charge in [-0.2, -0.15) is 87.8 Å². The third kappa shape index (κ3) is 2.76. The summed E-state index contributed by atoms with van der Waals surface area (Å²) >= 11 is 0. The molecule has 0 aromatic rings. The Balaban J connectivity index is 2.73. The number of alkyl halides is 22. The number of hydrogen-bond donors (Lipinski definition) is 0. The monoisotopic (exact) mass is 705 g/mol. The summed E-state index contributed by atoms with van der Waals surface area (Å²) in [6.45, 7) is 0. The highest BCUT2D eigenvalue weighted by molar-refractivity contribution is 5.54. The normalized spacial score (nSPS) is 38.9. The van der Waals surface area contributed by atoms with Crippen molar-refractivity contribution in [3.05, 3.63) is 0 Å². The number of nitrogens with zero attached hydrogens (tertiary/aromatic N) is 1. The highest BCUT2D eigenvalue weighted by Gasteiger charge is 3.24. The summed E-state index contributed by atoms with van der Waals surface area (Å²) in [6.07, 6.45) is -24.4. The zero-order valence-electron chi connectivity index (χ0n) is 18.1. The smallest absolute Gasteiger partial charge is 0.288 e. The van der Waals surface area contributed by atoms with Crippen LogP contribution in [-0.4, -0.2) is 87.8 Å². The highest BCUT2D eigenvalue weighted by atomic mass is 19.4. The molecular formula is C14F25NO3. The van der Waals surface area contributed by atoms with Crippen LogP contribution in [0.15, 0.2) is 0 Å². The lowest BCUT2D eigenvalue weighted by molar-refractivity contribution is -0.661. The van der Waals surface area contributed by atoms with Crippen LogP contribution in [0.5, 0.6) is 0 Å². The minimum atomic E-state index is -9.24. The van der Waals surface area contributed by atoms with Gasteiger partial charge in [0.15, 0.2) is 0 Å². The van der Waals surface area contributed by atoms with Crippen molar-refractivity contribution in [3.63, 3.8) is 0 Å². The molecule has 4 bridgehead atoms. The first kappa shape index (κ1) is 35.6. The van der Waals surface area contributed by atoms with E-state index in [2.05, 4.69) is 0 Å². The van der Waals surface area contributed by atoms with Crippen molar-refractivity contribution in [2.24, 2.45) is 0 Å². The Morgan fingerprint density at radius 1 is 0.395 bits per heavy atom. The van der Waals surface area contributed by atoms with E-state index in [9.17, 15) is 92.5 Å². The van der Waals surface area contributed by atoms with Crippen molar-refractivity contribution in [2.45, 2.75) is 82.4 Å². The maximum absolute atomic E-state index is 15.3. The molecule has 0 aromatic carbocycles. The first-order valence-electron chi connectivity index (χ1n) is 9.39. The van der Waals surface area contributed by atoms with Gasteiger partial charge in [-0.1, -0.05) is 8.96 Å². The zero-order chi connectivity index (χ0) is 34.7. The maximum atomic E-state index is 15.3. The van der Waals surface area contributed by atoms with Crippen molar-refractivity contribution < 1.29 is 124 Å². The standard InChI is InChI=1S/C14F25NO3/c15-1-5(17,18)2(16)7(21,22)3(6(1,19)20,41-12(31,32)11(29,30)40(37)38)10(27,28)4(8(1,23)24,9(2,25)26)42-13(33,34)14(35,36)43-39. The number of halogens is 25. The maximum Gasteiger partial charge on any atom is 0.478 e. The minimum Gasteiger partial charge on any atom is -0.288 e. The molecule has 4 aliphatic rings. The van der Waals surface area contributed by atoms with E-state index in [1.165, 1.54) is 9.47 Å². The predicted octanol–water partition coefficient (Wildman–Crippen LogP) is 7.11. The second-order valence-corrected chi connectivity index (χ2v) is 8.73. The Morgan fingerprint density at radius 2 is 0.674 bits per heavy atom. The van der Waals surface area contributed by atoms with Crippen LogP contribution < -0.4 is 0 Å². The molecule has 0 radical (unpaired) electrons. The lowest BCUT2D eigenvalue weighted by Crippen LogP contribution is -3.11. The van der Waals surface area contributed by atoms with Crippen molar-refractivity contribution in [3.8, 4) is 0 Å². The van der Waals surface area contributed by atoms with Gasteiger partial charge in [-0.05, 0) is 4.53 Å². The molecule has 2 unspecified atom stereocenters. The van der Waals surface area contributed by atoms with E-state index >= 15 is 17.6 Å². The van der Waals surface area contributed by atoms with Crippen LogP contribution in [0.2, 0.25) is 0 Å². The molecule has 2 atom stereocenters. The highest BCUT2D eigenvalue weighted by Crippen LogP contribution is 2.89. The van der Waals surface area contributed by atoms with E-state index in [-0.39, 0.29) is 0 Å². The summed E-state index contributed by atoms with van der Waals surface area (Å²) in [7, 11) is 0. The topological polar surface area (TPSA) is 30.9 Å². The Labute approximate surface area is 213 Å². The number of ether oxygens (including phenoxy) is 2. The largest absolute Gasteiger partial charge is 0.478 e. The molecule has 4 rings (SSSR count). The molecule has 0 aromatic heterocycles. The van der Waals surface area contributed by atoms with Crippen LogP contribution in [0.1, 0.15) is 0 Å². The van der Waals surface area contributed by atoms with Gasteiger partial charge >= 0.3 is 71.2 Å². The van der Waals surface area contributed by atoms with Crippen molar-refractivity contribution >= 4 is 0 Å². The van der Waals surface area contributed by atoms with Gasteiger partial charge in [0, 0.05) is 0 Å². The quantitative estimate of drug-likeness (QED) is 0.153. The fourth-order valence-electron chi connectivity index (χ4n) is 4.85. The first-order chi connectivity index (χ1) is 18.4. The van der Waals surface area contributed by atoms with Crippen molar-refractivity contribution in [1.82, 2.24) is 5.34 Å². The molecule has 0 heterocycles.